The first-order valence-corrected chi connectivity index (χ1v) is 5.10. The summed E-state index contributed by atoms with van der Waals surface area (Å²) in [5.74, 6) is -0.312. The summed E-state index contributed by atoms with van der Waals surface area (Å²) in [7, 11) is 0. The molecule has 0 radical (unpaired) electrons. The molecule has 1 rings (SSSR count). The van der Waals surface area contributed by atoms with Crippen molar-refractivity contribution in [2.45, 2.75) is 38.6 Å². The molecule has 0 fully saturated rings. The van der Waals surface area contributed by atoms with Gasteiger partial charge in [0.1, 0.15) is 5.82 Å². The highest BCUT2D eigenvalue weighted by Crippen LogP contribution is 2.16. The fourth-order valence-corrected chi connectivity index (χ4v) is 1.41. The van der Waals surface area contributed by atoms with Gasteiger partial charge in [-0.25, -0.2) is 4.39 Å². The molecule has 0 saturated carbocycles. The first-order chi connectivity index (χ1) is 6.74. The van der Waals surface area contributed by atoms with Crippen molar-refractivity contribution in [3.8, 4) is 0 Å². The van der Waals surface area contributed by atoms with Gasteiger partial charge in [-0.1, -0.05) is 26.2 Å². The highest BCUT2D eigenvalue weighted by atomic mass is 19.1. The van der Waals surface area contributed by atoms with E-state index in [1.807, 2.05) is 0 Å². The zero-order valence-electron chi connectivity index (χ0n) is 8.54. The maximum Gasteiger partial charge on any atom is 0.141 e. The second-order valence-corrected chi connectivity index (χ2v) is 3.54. The second kappa shape index (κ2) is 5.70. The molecule has 3 heteroatoms. The molecule has 0 bridgehead atoms. The average Bonchev–Trinajstić information content (AvgIpc) is 2.18. The quantitative estimate of drug-likeness (QED) is 0.735. The molecule has 0 aliphatic carbocycles. The van der Waals surface area contributed by atoms with Gasteiger partial charge >= 0.3 is 0 Å². The minimum atomic E-state index is -0.312. The fraction of sp³-hybridized carbons (Fsp3) is 0.545. The largest absolute Gasteiger partial charge is 0.324 e. The highest BCUT2D eigenvalue weighted by molar-refractivity contribution is 5.14. The summed E-state index contributed by atoms with van der Waals surface area (Å²) in [6.45, 7) is 2.15. The molecule has 0 aliphatic heterocycles. The Morgan fingerprint density at radius 2 is 2.21 bits per heavy atom. The average molecular weight is 196 g/mol. The number of aromatic nitrogens is 1. The molecule has 0 amide bonds. The van der Waals surface area contributed by atoms with E-state index < -0.39 is 0 Å². The zero-order valence-corrected chi connectivity index (χ0v) is 8.54. The number of nitrogens with zero attached hydrogens (tertiary/aromatic N) is 1. The molecule has 0 aromatic carbocycles. The van der Waals surface area contributed by atoms with Crippen LogP contribution in [0.1, 0.15) is 44.2 Å². The Labute approximate surface area is 84.3 Å². The Balaban J connectivity index is 2.47. The summed E-state index contributed by atoms with van der Waals surface area (Å²) in [6, 6.07) is 1.38. The normalized spacial score (nSPS) is 12.8. The van der Waals surface area contributed by atoms with Gasteiger partial charge in [-0.15, -0.1) is 0 Å². The molecule has 78 valence electrons. The number of halogens is 1. The summed E-state index contributed by atoms with van der Waals surface area (Å²) < 4.78 is 12.8. The summed E-state index contributed by atoms with van der Waals surface area (Å²) in [6.07, 6.45) is 7.18. The van der Waals surface area contributed by atoms with Crippen LogP contribution in [0.4, 0.5) is 4.39 Å². The molecular weight excluding hydrogens is 179 g/mol. The molecule has 2 nitrogen and oxygen atoms in total. The lowest BCUT2D eigenvalue weighted by Crippen LogP contribution is -2.10. The van der Waals surface area contributed by atoms with Gasteiger partial charge in [0.2, 0.25) is 0 Å². The number of pyridine rings is 1. The third-order valence-corrected chi connectivity index (χ3v) is 2.27. The Bertz CT molecular complexity index is 276. The van der Waals surface area contributed by atoms with Crippen LogP contribution < -0.4 is 5.73 Å². The van der Waals surface area contributed by atoms with Gasteiger partial charge in [0.05, 0.1) is 6.20 Å². The molecule has 1 atom stereocenters. The van der Waals surface area contributed by atoms with Crippen LogP contribution in [0.15, 0.2) is 18.5 Å². The molecule has 1 aromatic heterocycles. The maximum atomic E-state index is 12.8. The summed E-state index contributed by atoms with van der Waals surface area (Å²) >= 11 is 0. The van der Waals surface area contributed by atoms with Crippen LogP contribution >= 0.6 is 0 Å². The van der Waals surface area contributed by atoms with E-state index in [9.17, 15) is 4.39 Å². The topological polar surface area (TPSA) is 38.9 Å². The van der Waals surface area contributed by atoms with E-state index in [1.165, 1.54) is 25.1 Å². The van der Waals surface area contributed by atoms with E-state index in [4.69, 9.17) is 5.73 Å². The lowest BCUT2D eigenvalue weighted by atomic mass is 10.0. The highest BCUT2D eigenvalue weighted by Gasteiger charge is 2.06. The lowest BCUT2D eigenvalue weighted by molar-refractivity contribution is 0.569. The SMILES string of the molecule is CCCCCC(N)c1cncc(F)c1. The molecular formula is C11H17FN2. The maximum absolute atomic E-state index is 12.8. The Morgan fingerprint density at radius 3 is 2.86 bits per heavy atom. The number of nitrogens with two attached hydrogens (primary N) is 1. The van der Waals surface area contributed by atoms with Gasteiger partial charge in [0.25, 0.3) is 0 Å². The number of rotatable bonds is 5. The molecule has 0 saturated heterocycles. The van der Waals surface area contributed by atoms with E-state index in [2.05, 4.69) is 11.9 Å². The van der Waals surface area contributed by atoms with E-state index in [0.717, 1.165) is 18.4 Å². The minimum absolute atomic E-state index is 0.0789. The Hall–Kier alpha value is -0.960. The van der Waals surface area contributed by atoms with Crippen LogP contribution in [0.5, 0.6) is 0 Å². The van der Waals surface area contributed by atoms with Crippen molar-refractivity contribution in [3.05, 3.63) is 29.8 Å². The Morgan fingerprint density at radius 1 is 1.43 bits per heavy atom. The zero-order chi connectivity index (χ0) is 10.4. The minimum Gasteiger partial charge on any atom is -0.324 e. The lowest BCUT2D eigenvalue weighted by Gasteiger charge is -2.10. The molecule has 1 aromatic rings. The van der Waals surface area contributed by atoms with Crippen LogP contribution in [0.25, 0.3) is 0 Å². The van der Waals surface area contributed by atoms with E-state index in [1.54, 1.807) is 6.20 Å². The van der Waals surface area contributed by atoms with Crippen LogP contribution in [0.2, 0.25) is 0 Å². The van der Waals surface area contributed by atoms with Crippen molar-refractivity contribution < 1.29 is 4.39 Å². The van der Waals surface area contributed by atoms with Crippen molar-refractivity contribution in [3.63, 3.8) is 0 Å². The first-order valence-electron chi connectivity index (χ1n) is 5.10. The van der Waals surface area contributed by atoms with Crippen molar-refractivity contribution in [1.82, 2.24) is 4.98 Å². The third-order valence-electron chi connectivity index (χ3n) is 2.27. The van der Waals surface area contributed by atoms with Crippen LogP contribution in [-0.2, 0) is 0 Å². The smallest absolute Gasteiger partial charge is 0.141 e. The summed E-state index contributed by atoms with van der Waals surface area (Å²) in [4.78, 5) is 3.78. The predicted octanol–water partition coefficient (Wildman–Crippen LogP) is 2.80. The number of unbranched alkanes of at least 4 members (excludes halogenated alkanes) is 2. The summed E-state index contributed by atoms with van der Waals surface area (Å²) in [5.41, 5.74) is 6.69. The van der Waals surface area contributed by atoms with E-state index >= 15 is 0 Å². The van der Waals surface area contributed by atoms with Gasteiger partial charge in [0.15, 0.2) is 0 Å². The van der Waals surface area contributed by atoms with Crippen LogP contribution in [0.3, 0.4) is 0 Å². The second-order valence-electron chi connectivity index (χ2n) is 3.54. The van der Waals surface area contributed by atoms with Crippen LogP contribution in [0, 0.1) is 5.82 Å². The van der Waals surface area contributed by atoms with Crippen molar-refractivity contribution in [1.29, 1.82) is 0 Å². The van der Waals surface area contributed by atoms with E-state index in [-0.39, 0.29) is 11.9 Å². The molecule has 14 heavy (non-hydrogen) atoms. The monoisotopic (exact) mass is 196 g/mol. The molecule has 1 unspecified atom stereocenters. The van der Waals surface area contributed by atoms with Gasteiger partial charge in [-0.3, -0.25) is 4.98 Å². The van der Waals surface area contributed by atoms with Crippen molar-refractivity contribution in [2.24, 2.45) is 5.73 Å². The number of hydrogen-bond donors (Lipinski definition) is 1. The van der Waals surface area contributed by atoms with Gasteiger partial charge in [-0.05, 0) is 18.1 Å². The summed E-state index contributed by atoms with van der Waals surface area (Å²) in [5, 5.41) is 0. The van der Waals surface area contributed by atoms with Gasteiger partial charge in [-0.2, -0.15) is 0 Å². The molecule has 0 spiro atoms. The van der Waals surface area contributed by atoms with Gasteiger partial charge < -0.3 is 5.73 Å². The van der Waals surface area contributed by atoms with Crippen molar-refractivity contribution in [2.75, 3.05) is 0 Å². The molecule has 1 heterocycles. The third kappa shape index (κ3) is 3.42. The van der Waals surface area contributed by atoms with Crippen LogP contribution in [-0.4, -0.2) is 4.98 Å². The fourth-order valence-electron chi connectivity index (χ4n) is 1.41. The van der Waals surface area contributed by atoms with Crippen molar-refractivity contribution >= 4 is 0 Å². The predicted molar refractivity (Wildman–Crippen MR) is 55.3 cm³/mol. The molecule has 0 aliphatic rings. The number of hydrogen-bond acceptors (Lipinski definition) is 2. The van der Waals surface area contributed by atoms with E-state index in [0.29, 0.717) is 0 Å². The molecule has 2 N–H and O–H groups in total. The Kier molecular flexibility index (Phi) is 4.53. The van der Waals surface area contributed by atoms with Gasteiger partial charge in [0, 0.05) is 12.2 Å². The first kappa shape index (κ1) is 11.1. The standard InChI is InChI=1S/C11H17FN2/c1-2-3-4-5-11(13)9-6-10(12)8-14-7-9/h6-8,11H,2-5,13H2,1H3.